The van der Waals surface area contributed by atoms with Crippen molar-refractivity contribution in [2.24, 2.45) is 11.3 Å². The minimum Gasteiger partial charge on any atom is -0.396 e. The number of aliphatic hydroxyl groups excluding tert-OH is 1. The second-order valence-corrected chi connectivity index (χ2v) is 5.26. The van der Waals surface area contributed by atoms with Crippen LogP contribution in [-0.4, -0.2) is 36.2 Å². The predicted octanol–water partition coefficient (Wildman–Crippen LogP) is 1.88. The quantitative estimate of drug-likeness (QED) is 0.744. The Hall–Kier alpha value is -0.0800. The molecule has 0 radical (unpaired) electrons. The Kier molecular flexibility index (Phi) is 3.13. The van der Waals surface area contributed by atoms with E-state index in [-0.39, 0.29) is 0 Å². The van der Waals surface area contributed by atoms with Gasteiger partial charge in [-0.15, -0.1) is 0 Å². The minimum atomic E-state index is 0.363. The molecular formula is C12H23NO. The highest BCUT2D eigenvalue weighted by Gasteiger charge is 2.43. The van der Waals surface area contributed by atoms with Gasteiger partial charge in [0, 0.05) is 13.2 Å². The topological polar surface area (TPSA) is 23.5 Å². The minimum absolute atomic E-state index is 0.363. The van der Waals surface area contributed by atoms with Gasteiger partial charge >= 0.3 is 0 Å². The first-order chi connectivity index (χ1) is 6.78. The molecule has 0 spiro atoms. The number of rotatable bonds is 4. The maximum absolute atomic E-state index is 9.30. The van der Waals surface area contributed by atoms with Crippen LogP contribution in [0.5, 0.6) is 0 Å². The number of nitrogens with zero attached hydrogens (tertiary/aromatic N) is 1. The van der Waals surface area contributed by atoms with E-state index in [1.54, 1.807) is 0 Å². The number of likely N-dealkylation sites (tertiary alicyclic amines) is 1. The fourth-order valence-corrected chi connectivity index (χ4v) is 2.82. The van der Waals surface area contributed by atoms with Gasteiger partial charge < -0.3 is 10.0 Å². The molecule has 1 aliphatic heterocycles. The third kappa shape index (κ3) is 2.29. The van der Waals surface area contributed by atoms with Crippen LogP contribution in [0.15, 0.2) is 0 Å². The van der Waals surface area contributed by atoms with Crippen LogP contribution in [0.1, 0.15) is 39.0 Å². The summed E-state index contributed by atoms with van der Waals surface area (Å²) in [5, 5.41) is 9.30. The van der Waals surface area contributed by atoms with Crippen molar-refractivity contribution >= 4 is 0 Å². The van der Waals surface area contributed by atoms with Crippen molar-refractivity contribution in [3.05, 3.63) is 0 Å². The molecule has 1 heterocycles. The number of hydrogen-bond donors (Lipinski definition) is 1. The van der Waals surface area contributed by atoms with E-state index in [4.69, 9.17) is 0 Å². The Morgan fingerprint density at radius 1 is 1.43 bits per heavy atom. The van der Waals surface area contributed by atoms with E-state index in [9.17, 15) is 5.11 Å². The van der Waals surface area contributed by atoms with Crippen molar-refractivity contribution in [1.82, 2.24) is 4.90 Å². The van der Waals surface area contributed by atoms with Crippen LogP contribution in [0, 0.1) is 11.3 Å². The van der Waals surface area contributed by atoms with Crippen LogP contribution in [0.2, 0.25) is 0 Å². The zero-order valence-electron chi connectivity index (χ0n) is 9.34. The van der Waals surface area contributed by atoms with Gasteiger partial charge in [-0.05, 0) is 56.5 Å². The molecule has 82 valence electrons. The molecular weight excluding hydrogens is 174 g/mol. The summed E-state index contributed by atoms with van der Waals surface area (Å²) in [4.78, 5) is 2.56. The fourth-order valence-electron chi connectivity index (χ4n) is 2.82. The smallest absolute Gasteiger partial charge is 0.0487 e. The molecule has 1 aliphatic carbocycles. The maximum atomic E-state index is 9.30. The first-order valence-corrected chi connectivity index (χ1v) is 6.11. The molecule has 2 nitrogen and oxygen atoms in total. The number of piperidine rings is 1. The summed E-state index contributed by atoms with van der Waals surface area (Å²) in [6.07, 6.45) is 6.57. The lowest BCUT2D eigenvalue weighted by Crippen LogP contribution is -2.36. The Bertz CT molecular complexity index is 189. The molecule has 1 atom stereocenters. The average Bonchev–Trinajstić information content (AvgIpc) is 2.99. The van der Waals surface area contributed by atoms with Gasteiger partial charge in [0.1, 0.15) is 0 Å². The lowest BCUT2D eigenvalue weighted by atomic mass is 9.87. The molecule has 2 aliphatic rings. The van der Waals surface area contributed by atoms with Gasteiger partial charge in [0.2, 0.25) is 0 Å². The summed E-state index contributed by atoms with van der Waals surface area (Å²) in [5.74, 6) is 0.860. The van der Waals surface area contributed by atoms with Gasteiger partial charge in [0.25, 0.3) is 0 Å². The Labute approximate surface area is 87.3 Å². The zero-order valence-corrected chi connectivity index (χ0v) is 9.34. The van der Waals surface area contributed by atoms with Crippen LogP contribution in [0.3, 0.4) is 0 Å². The van der Waals surface area contributed by atoms with Crippen molar-refractivity contribution < 1.29 is 5.11 Å². The standard InChI is InChI=1S/C12H23NO/c1-2-13-7-3-4-11(9-13)8-12(10-14)5-6-12/h11,14H,2-10H2,1H3. The Balaban J connectivity index is 1.80. The normalized spacial score (nSPS) is 31.7. The van der Waals surface area contributed by atoms with Gasteiger partial charge in [0.05, 0.1) is 0 Å². The second-order valence-electron chi connectivity index (χ2n) is 5.26. The van der Waals surface area contributed by atoms with E-state index in [2.05, 4.69) is 11.8 Å². The third-order valence-corrected chi connectivity index (χ3v) is 4.06. The SMILES string of the molecule is CCN1CCCC(CC2(CO)CC2)C1. The van der Waals surface area contributed by atoms with Gasteiger partial charge in [-0.25, -0.2) is 0 Å². The van der Waals surface area contributed by atoms with E-state index >= 15 is 0 Å². The highest BCUT2D eigenvalue weighted by atomic mass is 16.3. The molecule has 2 heteroatoms. The second kappa shape index (κ2) is 4.19. The molecule has 0 bridgehead atoms. The fraction of sp³-hybridized carbons (Fsp3) is 1.00. The summed E-state index contributed by atoms with van der Waals surface area (Å²) in [6.45, 7) is 6.44. The molecule has 0 aromatic rings. The van der Waals surface area contributed by atoms with E-state index in [1.807, 2.05) is 0 Å². The van der Waals surface area contributed by atoms with Crippen molar-refractivity contribution in [3.8, 4) is 0 Å². The predicted molar refractivity (Wildman–Crippen MR) is 58.2 cm³/mol. The Morgan fingerprint density at radius 2 is 2.21 bits per heavy atom. The van der Waals surface area contributed by atoms with Gasteiger partial charge in [-0.2, -0.15) is 0 Å². The Morgan fingerprint density at radius 3 is 2.79 bits per heavy atom. The van der Waals surface area contributed by atoms with Gasteiger partial charge in [-0.3, -0.25) is 0 Å². The first-order valence-electron chi connectivity index (χ1n) is 6.11. The largest absolute Gasteiger partial charge is 0.396 e. The monoisotopic (exact) mass is 197 g/mol. The highest BCUT2D eigenvalue weighted by molar-refractivity contribution is 4.94. The third-order valence-electron chi connectivity index (χ3n) is 4.06. The summed E-state index contributed by atoms with van der Waals surface area (Å²) in [7, 11) is 0. The number of aliphatic hydroxyl groups is 1. The number of hydrogen-bond acceptors (Lipinski definition) is 2. The lowest BCUT2D eigenvalue weighted by molar-refractivity contribution is 0.129. The van der Waals surface area contributed by atoms with Crippen LogP contribution < -0.4 is 0 Å². The van der Waals surface area contributed by atoms with Crippen molar-refractivity contribution in [2.45, 2.75) is 39.0 Å². The summed E-state index contributed by atoms with van der Waals surface area (Å²) >= 11 is 0. The molecule has 14 heavy (non-hydrogen) atoms. The van der Waals surface area contributed by atoms with Crippen LogP contribution in [-0.2, 0) is 0 Å². The van der Waals surface area contributed by atoms with E-state index < -0.39 is 0 Å². The van der Waals surface area contributed by atoms with Gasteiger partial charge in [0.15, 0.2) is 0 Å². The van der Waals surface area contributed by atoms with Crippen molar-refractivity contribution in [3.63, 3.8) is 0 Å². The maximum Gasteiger partial charge on any atom is 0.0487 e. The van der Waals surface area contributed by atoms with E-state index in [0.29, 0.717) is 12.0 Å². The molecule has 1 saturated heterocycles. The molecule has 2 fully saturated rings. The molecule has 0 amide bonds. The van der Waals surface area contributed by atoms with Crippen LogP contribution in [0.4, 0.5) is 0 Å². The average molecular weight is 197 g/mol. The molecule has 2 rings (SSSR count). The molecule has 0 aromatic heterocycles. The molecule has 1 N–H and O–H groups in total. The lowest BCUT2D eigenvalue weighted by Gasteiger charge is -2.33. The van der Waals surface area contributed by atoms with E-state index in [1.165, 1.54) is 51.7 Å². The van der Waals surface area contributed by atoms with Gasteiger partial charge in [-0.1, -0.05) is 6.92 Å². The van der Waals surface area contributed by atoms with Crippen LogP contribution >= 0.6 is 0 Å². The van der Waals surface area contributed by atoms with Crippen molar-refractivity contribution in [1.29, 1.82) is 0 Å². The van der Waals surface area contributed by atoms with Crippen LogP contribution in [0.25, 0.3) is 0 Å². The highest BCUT2D eigenvalue weighted by Crippen LogP contribution is 2.51. The summed E-state index contributed by atoms with van der Waals surface area (Å²) < 4.78 is 0. The molecule has 1 unspecified atom stereocenters. The molecule has 0 aromatic carbocycles. The van der Waals surface area contributed by atoms with Crippen molar-refractivity contribution in [2.75, 3.05) is 26.2 Å². The summed E-state index contributed by atoms with van der Waals surface area (Å²) in [5.41, 5.74) is 0.363. The molecule has 1 saturated carbocycles. The summed E-state index contributed by atoms with van der Waals surface area (Å²) in [6, 6.07) is 0. The van der Waals surface area contributed by atoms with E-state index in [0.717, 1.165) is 5.92 Å². The first kappa shape index (κ1) is 10.4. The zero-order chi connectivity index (χ0) is 10.0.